The lowest BCUT2D eigenvalue weighted by Crippen LogP contribution is -2.33. The molecule has 3 N–H and O–H groups in total. The maximum atomic E-state index is 12.5. The predicted molar refractivity (Wildman–Crippen MR) is 123 cm³/mol. The molecule has 3 heterocycles. The number of benzene rings is 1. The van der Waals surface area contributed by atoms with Crippen molar-refractivity contribution < 1.29 is 14.4 Å². The number of anilines is 1. The molecule has 0 radical (unpaired) electrons. The largest absolute Gasteiger partial charge is 0.361 e. The highest BCUT2D eigenvalue weighted by Gasteiger charge is 2.24. The van der Waals surface area contributed by atoms with E-state index >= 15 is 0 Å². The fraction of sp³-hybridized carbons (Fsp3) is 0.348. The van der Waals surface area contributed by atoms with Crippen molar-refractivity contribution in [3.05, 3.63) is 51.8 Å². The number of rotatable bonds is 6. The molecule has 31 heavy (non-hydrogen) atoms. The summed E-state index contributed by atoms with van der Waals surface area (Å²) in [7, 11) is 0. The second-order valence-corrected chi connectivity index (χ2v) is 8.76. The first-order valence-corrected chi connectivity index (χ1v) is 11.4. The Morgan fingerprint density at radius 2 is 2.06 bits per heavy atom. The van der Waals surface area contributed by atoms with Crippen LogP contribution < -0.4 is 10.6 Å². The Kier molecular flexibility index (Phi) is 6.56. The first kappa shape index (κ1) is 21.4. The summed E-state index contributed by atoms with van der Waals surface area (Å²) < 4.78 is 0.891. The van der Waals surface area contributed by atoms with Gasteiger partial charge in [0.15, 0.2) is 0 Å². The SMILES string of the molecule is O=C1Nc2ccc(Br)cc2/C1=C/c1cc(C(=O)NCCCN2CCCCCC2=O)c[nH]1. The summed E-state index contributed by atoms with van der Waals surface area (Å²) in [5.74, 6) is -0.129. The van der Waals surface area contributed by atoms with Crippen LogP contribution in [0.1, 0.15) is 53.7 Å². The summed E-state index contributed by atoms with van der Waals surface area (Å²) in [4.78, 5) is 41.8. The molecular formula is C23H25BrN4O3. The van der Waals surface area contributed by atoms with E-state index in [1.54, 1.807) is 18.3 Å². The van der Waals surface area contributed by atoms with E-state index in [4.69, 9.17) is 0 Å². The zero-order valence-corrected chi connectivity index (χ0v) is 18.8. The number of hydrogen-bond acceptors (Lipinski definition) is 3. The molecule has 2 aliphatic rings. The standard InChI is InChI=1S/C23H25BrN4O3/c24-16-6-7-20-18(12-16)19(23(31)27-20)13-17-11-15(14-26-17)22(30)25-8-4-10-28-9-3-1-2-5-21(28)29/h6-7,11-14,26H,1-5,8-10H2,(H,25,30)(H,27,31)/b19-13-. The molecule has 2 aromatic rings. The Morgan fingerprint density at radius 1 is 1.19 bits per heavy atom. The first-order chi connectivity index (χ1) is 15.0. The lowest BCUT2D eigenvalue weighted by atomic mass is 10.1. The molecule has 1 aromatic heterocycles. The molecule has 0 aliphatic carbocycles. The van der Waals surface area contributed by atoms with Crippen LogP contribution in [0.15, 0.2) is 34.9 Å². The highest BCUT2D eigenvalue weighted by molar-refractivity contribution is 9.10. The van der Waals surface area contributed by atoms with E-state index in [-0.39, 0.29) is 17.7 Å². The normalized spacial score (nSPS) is 17.5. The summed E-state index contributed by atoms with van der Waals surface area (Å²) in [5, 5.41) is 5.75. The van der Waals surface area contributed by atoms with Gasteiger partial charge in [-0.3, -0.25) is 14.4 Å². The van der Waals surface area contributed by atoms with Crippen LogP contribution in [0.3, 0.4) is 0 Å². The Bertz CT molecular complexity index is 1040. The summed E-state index contributed by atoms with van der Waals surface area (Å²) in [6.07, 6.45) is 7.87. The van der Waals surface area contributed by atoms with Gasteiger partial charge in [0.25, 0.3) is 11.8 Å². The topological polar surface area (TPSA) is 94.3 Å². The molecule has 1 aromatic carbocycles. The Labute approximate surface area is 189 Å². The molecule has 1 fully saturated rings. The quantitative estimate of drug-likeness (QED) is 0.429. The number of carbonyl (C=O) groups excluding carboxylic acids is 3. The first-order valence-electron chi connectivity index (χ1n) is 10.6. The predicted octanol–water partition coefficient (Wildman–Crippen LogP) is 3.79. The molecule has 4 rings (SSSR count). The number of aromatic nitrogens is 1. The van der Waals surface area contributed by atoms with Crippen LogP contribution in [-0.2, 0) is 9.59 Å². The van der Waals surface area contributed by atoms with E-state index in [1.165, 1.54) is 0 Å². The van der Waals surface area contributed by atoms with Crippen LogP contribution in [0.4, 0.5) is 5.69 Å². The van der Waals surface area contributed by atoms with Gasteiger partial charge in [-0.15, -0.1) is 0 Å². The van der Waals surface area contributed by atoms with Gasteiger partial charge < -0.3 is 20.5 Å². The van der Waals surface area contributed by atoms with E-state index in [0.29, 0.717) is 36.3 Å². The highest BCUT2D eigenvalue weighted by Crippen LogP contribution is 2.34. The maximum Gasteiger partial charge on any atom is 0.256 e. The Balaban J connectivity index is 1.33. The number of nitrogens with one attached hydrogen (secondary N) is 3. The molecule has 3 amide bonds. The minimum atomic E-state index is -0.179. The van der Waals surface area contributed by atoms with Crippen LogP contribution in [-0.4, -0.2) is 47.2 Å². The van der Waals surface area contributed by atoms with Crippen molar-refractivity contribution >= 4 is 51.0 Å². The van der Waals surface area contributed by atoms with Gasteiger partial charge in [-0.25, -0.2) is 0 Å². The molecular weight excluding hydrogens is 460 g/mol. The minimum Gasteiger partial charge on any atom is -0.361 e. The number of carbonyl (C=O) groups is 3. The van der Waals surface area contributed by atoms with Gasteiger partial charge in [-0.1, -0.05) is 22.4 Å². The van der Waals surface area contributed by atoms with Crippen molar-refractivity contribution in [2.75, 3.05) is 25.0 Å². The highest BCUT2D eigenvalue weighted by atomic mass is 79.9. The average molecular weight is 485 g/mol. The van der Waals surface area contributed by atoms with Crippen molar-refractivity contribution in [2.45, 2.75) is 32.1 Å². The molecule has 0 spiro atoms. The van der Waals surface area contributed by atoms with Gasteiger partial charge in [0.05, 0.1) is 11.1 Å². The zero-order chi connectivity index (χ0) is 21.8. The number of aromatic amines is 1. The smallest absolute Gasteiger partial charge is 0.256 e. The molecule has 0 unspecified atom stereocenters. The van der Waals surface area contributed by atoms with Gasteiger partial charge in [0, 0.05) is 53.7 Å². The summed E-state index contributed by atoms with van der Waals surface area (Å²) in [5.41, 5.74) is 3.32. The number of hydrogen-bond donors (Lipinski definition) is 3. The van der Waals surface area contributed by atoms with Gasteiger partial charge in [0.1, 0.15) is 0 Å². The van der Waals surface area contributed by atoms with Crippen LogP contribution in [0.25, 0.3) is 11.6 Å². The monoisotopic (exact) mass is 484 g/mol. The molecule has 8 heteroatoms. The van der Waals surface area contributed by atoms with Crippen LogP contribution in [0.5, 0.6) is 0 Å². The third-order valence-electron chi connectivity index (χ3n) is 5.59. The second-order valence-electron chi connectivity index (χ2n) is 7.85. The minimum absolute atomic E-state index is 0.170. The van der Waals surface area contributed by atoms with E-state index in [9.17, 15) is 14.4 Å². The molecule has 2 aliphatic heterocycles. The third-order valence-corrected chi connectivity index (χ3v) is 6.09. The van der Waals surface area contributed by atoms with Crippen molar-refractivity contribution in [1.82, 2.24) is 15.2 Å². The average Bonchev–Trinajstić information content (AvgIpc) is 3.27. The zero-order valence-electron chi connectivity index (χ0n) is 17.2. The maximum absolute atomic E-state index is 12.5. The second kappa shape index (κ2) is 9.51. The lowest BCUT2D eigenvalue weighted by molar-refractivity contribution is -0.130. The number of H-pyrrole nitrogens is 1. The lowest BCUT2D eigenvalue weighted by Gasteiger charge is -2.20. The number of likely N-dealkylation sites (tertiary alicyclic amines) is 1. The molecule has 162 valence electrons. The van der Waals surface area contributed by atoms with E-state index in [2.05, 4.69) is 31.5 Å². The fourth-order valence-corrected chi connectivity index (χ4v) is 4.30. The Morgan fingerprint density at radius 3 is 2.94 bits per heavy atom. The Hall–Kier alpha value is -2.87. The van der Waals surface area contributed by atoms with Crippen molar-refractivity contribution in [1.29, 1.82) is 0 Å². The third kappa shape index (κ3) is 5.07. The fourth-order valence-electron chi connectivity index (χ4n) is 3.93. The van der Waals surface area contributed by atoms with Gasteiger partial charge in [0.2, 0.25) is 5.91 Å². The molecule has 0 saturated carbocycles. The van der Waals surface area contributed by atoms with Crippen molar-refractivity contribution in [3.63, 3.8) is 0 Å². The molecule has 0 bridgehead atoms. The van der Waals surface area contributed by atoms with Gasteiger partial charge in [-0.05, 0) is 49.6 Å². The van der Waals surface area contributed by atoms with E-state index in [0.717, 1.165) is 48.0 Å². The van der Waals surface area contributed by atoms with Gasteiger partial charge >= 0.3 is 0 Å². The van der Waals surface area contributed by atoms with E-state index < -0.39 is 0 Å². The number of amides is 3. The van der Waals surface area contributed by atoms with Gasteiger partial charge in [-0.2, -0.15) is 0 Å². The van der Waals surface area contributed by atoms with E-state index in [1.807, 2.05) is 23.1 Å². The summed E-state index contributed by atoms with van der Waals surface area (Å²) in [6, 6.07) is 7.35. The van der Waals surface area contributed by atoms with Crippen molar-refractivity contribution in [3.8, 4) is 0 Å². The van der Waals surface area contributed by atoms with Crippen LogP contribution in [0, 0.1) is 0 Å². The molecule has 0 atom stereocenters. The molecule has 1 saturated heterocycles. The van der Waals surface area contributed by atoms with Crippen LogP contribution >= 0.6 is 15.9 Å². The van der Waals surface area contributed by atoms with Crippen LogP contribution in [0.2, 0.25) is 0 Å². The number of nitrogens with zero attached hydrogens (tertiary/aromatic N) is 1. The summed E-state index contributed by atoms with van der Waals surface area (Å²) in [6.45, 7) is 2.00. The summed E-state index contributed by atoms with van der Waals surface area (Å²) >= 11 is 3.43. The van der Waals surface area contributed by atoms with Crippen molar-refractivity contribution in [2.24, 2.45) is 0 Å². The number of halogens is 1. The number of fused-ring (bicyclic) bond motifs is 1. The molecule has 7 nitrogen and oxygen atoms in total.